The van der Waals surface area contributed by atoms with Gasteiger partial charge in [0.05, 0.1) is 16.6 Å². The summed E-state index contributed by atoms with van der Waals surface area (Å²) in [7, 11) is 1.91. The van der Waals surface area contributed by atoms with Gasteiger partial charge in [-0.05, 0) is 30.7 Å². The van der Waals surface area contributed by atoms with Gasteiger partial charge in [-0.25, -0.2) is 9.37 Å². The predicted octanol–water partition coefficient (Wildman–Crippen LogP) is 4.77. The number of benzene rings is 2. The lowest BCUT2D eigenvalue weighted by molar-refractivity contribution is 0.283. The minimum absolute atomic E-state index is 0.163. The first-order valence-corrected chi connectivity index (χ1v) is 9.11. The van der Waals surface area contributed by atoms with Crippen LogP contribution in [0.25, 0.3) is 22.4 Å². The van der Waals surface area contributed by atoms with Crippen LogP contribution < -0.4 is 4.74 Å². The van der Waals surface area contributed by atoms with Gasteiger partial charge in [0.1, 0.15) is 17.4 Å². The SMILES string of the molecule is Cc1cccc(-c2nc3cc(F)ccc3n2C)c1OCc1noc(C(C)C)n1. The molecule has 0 saturated heterocycles. The first-order chi connectivity index (χ1) is 13.4. The van der Waals surface area contributed by atoms with E-state index in [-0.39, 0.29) is 18.3 Å². The molecule has 0 amide bonds. The quantitative estimate of drug-likeness (QED) is 0.499. The molecule has 0 aliphatic heterocycles. The van der Waals surface area contributed by atoms with E-state index in [1.54, 1.807) is 6.07 Å². The third-order valence-electron chi connectivity index (χ3n) is 4.62. The number of aryl methyl sites for hydroxylation is 2. The van der Waals surface area contributed by atoms with E-state index in [1.807, 2.05) is 50.6 Å². The monoisotopic (exact) mass is 380 g/mol. The maximum absolute atomic E-state index is 13.6. The zero-order valence-electron chi connectivity index (χ0n) is 16.2. The van der Waals surface area contributed by atoms with E-state index in [9.17, 15) is 4.39 Å². The molecule has 144 valence electrons. The fraction of sp³-hybridized carbons (Fsp3) is 0.286. The van der Waals surface area contributed by atoms with Crippen molar-refractivity contribution in [2.75, 3.05) is 0 Å². The Hall–Kier alpha value is -3.22. The van der Waals surface area contributed by atoms with Crippen LogP contribution >= 0.6 is 0 Å². The lowest BCUT2D eigenvalue weighted by Gasteiger charge is -2.13. The smallest absolute Gasteiger partial charge is 0.229 e. The third-order valence-corrected chi connectivity index (χ3v) is 4.62. The predicted molar refractivity (Wildman–Crippen MR) is 104 cm³/mol. The molecule has 0 saturated carbocycles. The molecule has 0 aliphatic rings. The van der Waals surface area contributed by atoms with Crippen molar-refractivity contribution in [3.63, 3.8) is 0 Å². The summed E-state index contributed by atoms with van der Waals surface area (Å²) in [6, 6.07) is 10.4. The molecule has 0 atom stereocenters. The van der Waals surface area contributed by atoms with Crippen LogP contribution in [0.1, 0.15) is 37.0 Å². The van der Waals surface area contributed by atoms with Gasteiger partial charge < -0.3 is 13.8 Å². The lowest BCUT2D eigenvalue weighted by Crippen LogP contribution is -2.03. The van der Waals surface area contributed by atoms with Crippen molar-refractivity contribution in [3.05, 3.63) is 59.5 Å². The van der Waals surface area contributed by atoms with E-state index in [4.69, 9.17) is 9.26 Å². The Kier molecular flexibility index (Phi) is 4.58. The molecular weight excluding hydrogens is 359 g/mol. The summed E-state index contributed by atoms with van der Waals surface area (Å²) in [4.78, 5) is 8.97. The van der Waals surface area contributed by atoms with E-state index < -0.39 is 0 Å². The van der Waals surface area contributed by atoms with Gasteiger partial charge in [-0.2, -0.15) is 4.98 Å². The highest BCUT2D eigenvalue weighted by atomic mass is 19.1. The minimum Gasteiger partial charge on any atom is -0.484 e. The van der Waals surface area contributed by atoms with Crippen LogP contribution in [0.3, 0.4) is 0 Å². The fourth-order valence-electron chi connectivity index (χ4n) is 3.13. The second-order valence-electron chi connectivity index (χ2n) is 7.07. The Morgan fingerprint density at radius 1 is 1.18 bits per heavy atom. The summed E-state index contributed by atoms with van der Waals surface area (Å²) >= 11 is 0. The number of halogens is 1. The molecule has 0 spiro atoms. The Balaban J connectivity index is 1.71. The molecule has 6 nitrogen and oxygen atoms in total. The molecule has 0 fully saturated rings. The maximum atomic E-state index is 13.6. The van der Waals surface area contributed by atoms with Crippen molar-refractivity contribution < 1.29 is 13.7 Å². The fourth-order valence-corrected chi connectivity index (χ4v) is 3.13. The molecular formula is C21H21FN4O2. The van der Waals surface area contributed by atoms with Gasteiger partial charge in [0, 0.05) is 19.0 Å². The first-order valence-electron chi connectivity index (χ1n) is 9.11. The summed E-state index contributed by atoms with van der Waals surface area (Å²) in [6.45, 7) is 6.14. The third kappa shape index (κ3) is 3.24. The van der Waals surface area contributed by atoms with Gasteiger partial charge in [-0.1, -0.05) is 31.1 Å². The summed E-state index contributed by atoms with van der Waals surface area (Å²) in [6.07, 6.45) is 0. The standard InChI is InChI=1S/C21H21FN4O2/c1-12(2)21-24-18(25-28-21)11-27-19-13(3)6-5-7-15(19)20-23-16-10-14(22)8-9-17(16)26(20)4/h5-10,12H,11H2,1-4H3. The van der Waals surface area contributed by atoms with Gasteiger partial charge in [0.15, 0.2) is 6.61 Å². The average Bonchev–Trinajstić information content (AvgIpc) is 3.25. The first kappa shape index (κ1) is 18.2. The van der Waals surface area contributed by atoms with Gasteiger partial charge in [0.2, 0.25) is 11.7 Å². The molecule has 2 aromatic heterocycles. The molecule has 0 N–H and O–H groups in total. The van der Waals surface area contributed by atoms with E-state index in [2.05, 4.69) is 15.1 Å². The average molecular weight is 380 g/mol. The maximum Gasteiger partial charge on any atom is 0.229 e. The van der Waals surface area contributed by atoms with E-state index in [0.717, 1.165) is 16.6 Å². The van der Waals surface area contributed by atoms with Crippen LogP contribution in [-0.4, -0.2) is 19.7 Å². The van der Waals surface area contributed by atoms with Crippen LogP contribution in [0.5, 0.6) is 5.75 Å². The zero-order valence-corrected chi connectivity index (χ0v) is 16.2. The number of fused-ring (bicyclic) bond motifs is 1. The second-order valence-corrected chi connectivity index (χ2v) is 7.07. The molecule has 7 heteroatoms. The summed E-state index contributed by atoms with van der Waals surface area (Å²) in [5, 5.41) is 3.97. The highest BCUT2D eigenvalue weighted by Crippen LogP contribution is 2.34. The Morgan fingerprint density at radius 3 is 2.75 bits per heavy atom. The molecule has 0 radical (unpaired) electrons. The van der Waals surface area contributed by atoms with Crippen molar-refractivity contribution in [2.45, 2.75) is 33.3 Å². The number of imidazole rings is 1. The van der Waals surface area contributed by atoms with Crippen molar-refractivity contribution in [3.8, 4) is 17.1 Å². The molecule has 0 unspecified atom stereocenters. The molecule has 28 heavy (non-hydrogen) atoms. The normalized spacial score (nSPS) is 11.5. The Bertz CT molecular complexity index is 1150. The largest absolute Gasteiger partial charge is 0.484 e. The van der Waals surface area contributed by atoms with Crippen molar-refractivity contribution in [2.24, 2.45) is 7.05 Å². The highest BCUT2D eigenvalue weighted by Gasteiger charge is 2.18. The van der Waals surface area contributed by atoms with Crippen molar-refractivity contribution in [1.82, 2.24) is 19.7 Å². The molecule has 2 heterocycles. The van der Waals surface area contributed by atoms with Crippen molar-refractivity contribution >= 4 is 11.0 Å². The van der Waals surface area contributed by atoms with Crippen molar-refractivity contribution in [1.29, 1.82) is 0 Å². The van der Waals surface area contributed by atoms with Crippen LogP contribution in [0.4, 0.5) is 4.39 Å². The highest BCUT2D eigenvalue weighted by molar-refractivity contribution is 5.82. The van der Waals surface area contributed by atoms with Gasteiger partial charge in [0.25, 0.3) is 0 Å². The lowest BCUT2D eigenvalue weighted by atomic mass is 10.1. The summed E-state index contributed by atoms with van der Waals surface area (Å²) in [5.41, 5.74) is 3.24. The number of nitrogens with zero attached hydrogens (tertiary/aromatic N) is 4. The molecule has 4 rings (SSSR count). The van der Waals surface area contributed by atoms with Crippen LogP contribution in [0.2, 0.25) is 0 Å². The van der Waals surface area contributed by atoms with Gasteiger partial charge in [-0.3, -0.25) is 0 Å². The summed E-state index contributed by atoms with van der Waals surface area (Å²) in [5.74, 6) is 2.32. The van der Waals surface area contributed by atoms with Crippen LogP contribution in [0, 0.1) is 12.7 Å². The van der Waals surface area contributed by atoms with E-state index in [0.29, 0.717) is 28.8 Å². The van der Waals surface area contributed by atoms with E-state index in [1.165, 1.54) is 12.1 Å². The van der Waals surface area contributed by atoms with E-state index >= 15 is 0 Å². The van der Waals surface area contributed by atoms with Gasteiger partial charge in [-0.15, -0.1) is 0 Å². The number of hydrogen-bond donors (Lipinski definition) is 0. The van der Waals surface area contributed by atoms with Crippen LogP contribution in [0.15, 0.2) is 40.9 Å². The minimum atomic E-state index is -0.309. The van der Waals surface area contributed by atoms with Gasteiger partial charge >= 0.3 is 0 Å². The number of aromatic nitrogens is 4. The zero-order chi connectivity index (χ0) is 19.8. The molecule has 0 aliphatic carbocycles. The summed E-state index contributed by atoms with van der Waals surface area (Å²) < 4.78 is 26.8. The second kappa shape index (κ2) is 7.07. The Labute approximate surface area is 162 Å². The molecule has 0 bridgehead atoms. The number of hydrogen-bond acceptors (Lipinski definition) is 5. The topological polar surface area (TPSA) is 66.0 Å². The molecule has 4 aromatic rings. The Morgan fingerprint density at radius 2 is 2.00 bits per heavy atom. The number of rotatable bonds is 5. The number of ether oxygens (including phenoxy) is 1. The van der Waals surface area contributed by atoms with Crippen LogP contribution in [-0.2, 0) is 13.7 Å². The molecule has 2 aromatic carbocycles. The number of para-hydroxylation sites is 1.